The molecule has 1 aromatic rings. The number of anilines is 1. The van der Waals surface area contributed by atoms with Crippen molar-refractivity contribution in [3.05, 3.63) is 11.3 Å². The second-order valence-corrected chi connectivity index (χ2v) is 2.97. The summed E-state index contributed by atoms with van der Waals surface area (Å²) in [6.45, 7) is 1.19. The van der Waals surface area contributed by atoms with Gasteiger partial charge in [-0.15, -0.1) is 24.8 Å². The summed E-state index contributed by atoms with van der Waals surface area (Å²) in [5, 5.41) is 15.7. The van der Waals surface area contributed by atoms with Gasteiger partial charge in [0.2, 0.25) is 0 Å². The molecule has 6 nitrogen and oxygen atoms in total. The third-order valence-corrected chi connectivity index (χ3v) is 2.06. The first kappa shape index (κ1) is 14.0. The van der Waals surface area contributed by atoms with Crippen LogP contribution in [0.3, 0.4) is 0 Å². The molecule has 1 aromatic heterocycles. The van der Waals surface area contributed by atoms with Crippen molar-refractivity contribution < 1.29 is 9.90 Å². The highest BCUT2D eigenvalue weighted by Gasteiger charge is 2.20. The Labute approximate surface area is 98.6 Å². The first-order chi connectivity index (χ1) is 6.18. The molecule has 0 atom stereocenters. The molecule has 2 heterocycles. The van der Waals surface area contributed by atoms with Crippen LogP contribution < -0.4 is 11.1 Å². The molecule has 0 saturated carbocycles. The number of nitrogens with zero attached hydrogens (tertiary/aromatic N) is 2. The Hall–Kier alpha value is -0.980. The van der Waals surface area contributed by atoms with Crippen molar-refractivity contribution in [2.45, 2.75) is 19.6 Å². The van der Waals surface area contributed by atoms with Crippen LogP contribution in [0.2, 0.25) is 0 Å². The van der Waals surface area contributed by atoms with Crippen molar-refractivity contribution in [1.29, 1.82) is 0 Å². The zero-order valence-corrected chi connectivity index (χ0v) is 9.40. The Bertz CT molecular complexity index is 366. The first-order valence-corrected chi connectivity index (χ1v) is 3.95. The lowest BCUT2D eigenvalue weighted by atomic mass is 10.3. The van der Waals surface area contributed by atoms with E-state index in [1.165, 1.54) is 4.68 Å². The zero-order valence-electron chi connectivity index (χ0n) is 7.77. The van der Waals surface area contributed by atoms with Gasteiger partial charge in [-0.2, -0.15) is 5.10 Å². The number of nitrogens with one attached hydrogen (secondary N) is 1. The van der Waals surface area contributed by atoms with Crippen LogP contribution in [0.5, 0.6) is 0 Å². The lowest BCUT2D eigenvalue weighted by molar-refractivity contribution is -0.137. The minimum absolute atomic E-state index is 0. The van der Waals surface area contributed by atoms with E-state index in [1.807, 2.05) is 0 Å². The number of rotatable bonds is 2. The summed E-state index contributed by atoms with van der Waals surface area (Å²) >= 11 is 0. The number of carboxylic acid groups (broad SMARTS) is 1. The van der Waals surface area contributed by atoms with E-state index in [0.717, 1.165) is 11.3 Å². The maximum Gasteiger partial charge on any atom is 0.325 e. The van der Waals surface area contributed by atoms with Gasteiger partial charge in [0.05, 0.1) is 5.69 Å². The van der Waals surface area contributed by atoms with Crippen LogP contribution in [0.25, 0.3) is 0 Å². The molecule has 4 N–H and O–H groups in total. The van der Waals surface area contributed by atoms with E-state index in [4.69, 9.17) is 10.8 Å². The lowest BCUT2D eigenvalue weighted by Gasteiger charge is -2.00. The highest BCUT2D eigenvalue weighted by molar-refractivity contribution is 5.85. The molecule has 1 aliphatic heterocycles. The van der Waals surface area contributed by atoms with E-state index in [1.54, 1.807) is 0 Å². The Morgan fingerprint density at radius 3 is 2.73 bits per heavy atom. The number of aromatic nitrogens is 2. The maximum atomic E-state index is 10.4. The van der Waals surface area contributed by atoms with E-state index < -0.39 is 5.97 Å². The predicted molar refractivity (Wildman–Crippen MR) is 59.3 cm³/mol. The maximum absolute atomic E-state index is 10.4. The van der Waals surface area contributed by atoms with Gasteiger partial charge in [-0.25, -0.2) is 4.68 Å². The number of nitrogens with two attached hydrogens (primary N) is 1. The Kier molecular flexibility index (Phi) is 4.86. The minimum Gasteiger partial charge on any atom is -0.480 e. The second kappa shape index (κ2) is 5.20. The number of aliphatic carboxylic acids is 1. The summed E-state index contributed by atoms with van der Waals surface area (Å²) in [4.78, 5) is 10.4. The molecular weight excluding hydrogens is 243 g/mol. The topological polar surface area (TPSA) is 93.2 Å². The standard InChI is InChI=1S/C7H10N4O2.2ClH/c8-7-4-1-9-2-5(4)10-11(7)3-6(12)13;;/h9H,1-3,8H2,(H,12,13);2*1H. The molecule has 0 unspecified atom stereocenters. The van der Waals surface area contributed by atoms with Crippen molar-refractivity contribution in [3.8, 4) is 0 Å². The third kappa shape index (κ3) is 2.53. The smallest absolute Gasteiger partial charge is 0.325 e. The van der Waals surface area contributed by atoms with Crippen LogP contribution in [-0.4, -0.2) is 20.9 Å². The molecule has 86 valence electrons. The van der Waals surface area contributed by atoms with Gasteiger partial charge in [-0.3, -0.25) is 4.79 Å². The molecule has 0 spiro atoms. The highest BCUT2D eigenvalue weighted by atomic mass is 35.5. The molecule has 8 heteroatoms. The van der Waals surface area contributed by atoms with Crippen molar-refractivity contribution in [2.75, 3.05) is 5.73 Å². The van der Waals surface area contributed by atoms with Gasteiger partial charge >= 0.3 is 5.97 Å². The summed E-state index contributed by atoms with van der Waals surface area (Å²) in [6.07, 6.45) is 0. The van der Waals surface area contributed by atoms with Gasteiger partial charge in [0.25, 0.3) is 0 Å². The van der Waals surface area contributed by atoms with E-state index >= 15 is 0 Å². The van der Waals surface area contributed by atoms with Gasteiger partial charge in [0.15, 0.2) is 0 Å². The van der Waals surface area contributed by atoms with Gasteiger partial charge in [-0.05, 0) is 0 Å². The fourth-order valence-electron chi connectivity index (χ4n) is 1.45. The van der Waals surface area contributed by atoms with Crippen LogP contribution >= 0.6 is 24.8 Å². The van der Waals surface area contributed by atoms with Crippen molar-refractivity contribution >= 4 is 36.6 Å². The fraction of sp³-hybridized carbons (Fsp3) is 0.429. The molecule has 0 fully saturated rings. The molecule has 0 aliphatic carbocycles. The number of hydrogen-bond donors (Lipinski definition) is 3. The Morgan fingerprint density at radius 2 is 2.20 bits per heavy atom. The number of carboxylic acids is 1. The second-order valence-electron chi connectivity index (χ2n) is 2.97. The van der Waals surface area contributed by atoms with Crippen molar-refractivity contribution in [1.82, 2.24) is 15.1 Å². The first-order valence-electron chi connectivity index (χ1n) is 3.95. The summed E-state index contributed by atoms with van der Waals surface area (Å²) in [5.41, 5.74) is 7.49. The molecule has 1 aliphatic rings. The molecule has 0 aromatic carbocycles. The Morgan fingerprint density at radius 1 is 1.53 bits per heavy atom. The monoisotopic (exact) mass is 254 g/mol. The SMILES string of the molecule is Cl.Cl.Nc1c2c(nn1CC(=O)O)CNC2. The highest BCUT2D eigenvalue weighted by Crippen LogP contribution is 2.20. The number of nitrogen functional groups attached to an aromatic ring is 1. The van der Waals surface area contributed by atoms with E-state index in [-0.39, 0.29) is 31.4 Å². The average Bonchev–Trinajstić information content (AvgIpc) is 2.56. The number of carbonyl (C=O) groups is 1. The zero-order chi connectivity index (χ0) is 9.42. The number of fused-ring (bicyclic) bond motifs is 1. The van der Waals surface area contributed by atoms with Crippen LogP contribution in [0, 0.1) is 0 Å². The normalized spacial score (nSPS) is 12.5. The van der Waals surface area contributed by atoms with E-state index in [0.29, 0.717) is 18.9 Å². The number of halogens is 2. The van der Waals surface area contributed by atoms with Crippen LogP contribution in [0.15, 0.2) is 0 Å². The molecular formula is C7H12Cl2N4O2. The van der Waals surface area contributed by atoms with E-state index in [2.05, 4.69) is 10.4 Å². The summed E-state index contributed by atoms with van der Waals surface area (Å²) in [7, 11) is 0. The van der Waals surface area contributed by atoms with Gasteiger partial charge in [0.1, 0.15) is 12.4 Å². The summed E-state index contributed by atoms with van der Waals surface area (Å²) in [6, 6.07) is 0. The molecule has 0 amide bonds. The van der Waals surface area contributed by atoms with Gasteiger partial charge in [-0.1, -0.05) is 0 Å². The Balaban J connectivity index is 0.000000980. The number of hydrogen-bond acceptors (Lipinski definition) is 4. The molecule has 0 radical (unpaired) electrons. The summed E-state index contributed by atoms with van der Waals surface area (Å²) in [5.74, 6) is -0.469. The third-order valence-electron chi connectivity index (χ3n) is 2.06. The van der Waals surface area contributed by atoms with E-state index in [9.17, 15) is 4.79 Å². The quantitative estimate of drug-likeness (QED) is 0.691. The van der Waals surface area contributed by atoms with Crippen LogP contribution in [-0.2, 0) is 24.4 Å². The lowest BCUT2D eigenvalue weighted by Crippen LogP contribution is -2.15. The van der Waals surface area contributed by atoms with Crippen molar-refractivity contribution in [3.63, 3.8) is 0 Å². The fourth-order valence-corrected chi connectivity index (χ4v) is 1.45. The molecule has 0 bridgehead atoms. The molecule has 2 rings (SSSR count). The minimum atomic E-state index is -0.930. The van der Waals surface area contributed by atoms with Gasteiger partial charge in [0, 0.05) is 18.7 Å². The summed E-state index contributed by atoms with van der Waals surface area (Å²) < 4.78 is 1.33. The largest absolute Gasteiger partial charge is 0.480 e. The van der Waals surface area contributed by atoms with Crippen LogP contribution in [0.1, 0.15) is 11.3 Å². The van der Waals surface area contributed by atoms with Gasteiger partial charge < -0.3 is 16.2 Å². The molecule has 0 saturated heterocycles. The van der Waals surface area contributed by atoms with Crippen molar-refractivity contribution in [2.24, 2.45) is 0 Å². The van der Waals surface area contributed by atoms with Crippen LogP contribution in [0.4, 0.5) is 5.82 Å². The average molecular weight is 255 g/mol. The predicted octanol–water partition coefficient (Wildman–Crippen LogP) is -0.00330. The molecule has 15 heavy (non-hydrogen) atoms.